The van der Waals surface area contributed by atoms with Gasteiger partial charge in [-0.25, -0.2) is 0 Å². The zero-order valence-corrected chi connectivity index (χ0v) is 39.2. The summed E-state index contributed by atoms with van der Waals surface area (Å²) in [5.41, 5.74) is 24.3. The lowest BCUT2D eigenvalue weighted by molar-refractivity contribution is 0.396. The van der Waals surface area contributed by atoms with Gasteiger partial charge in [0.1, 0.15) is 0 Å². The molecule has 0 bridgehead atoms. The third-order valence-corrected chi connectivity index (χ3v) is 18.2. The monoisotopic (exact) mass is 857 g/mol. The van der Waals surface area contributed by atoms with Crippen molar-refractivity contribution in [3.8, 4) is 0 Å². The summed E-state index contributed by atoms with van der Waals surface area (Å²) in [4.78, 5) is 5.57. The molecule has 4 aliphatic rings. The van der Waals surface area contributed by atoms with Crippen LogP contribution in [0.25, 0.3) is 59.0 Å². The van der Waals surface area contributed by atoms with E-state index in [0.717, 1.165) is 12.8 Å². The third kappa shape index (κ3) is 4.45. The molecule has 0 amide bonds. The molecule has 5 heteroatoms. The normalized spacial score (nSPS) is 18.0. The maximum Gasteiger partial charge on any atom is 0.264 e. The first kappa shape index (κ1) is 37.2. The number of rotatable bonds is 8. The molecular weight excluding hydrogens is 806 g/mol. The van der Waals surface area contributed by atoms with Crippen LogP contribution in [-0.2, 0) is 23.7 Å². The lowest BCUT2D eigenvalue weighted by atomic mass is 9.36. The van der Waals surface area contributed by atoms with E-state index in [-0.39, 0.29) is 17.5 Å². The van der Waals surface area contributed by atoms with Crippen LogP contribution in [0.5, 0.6) is 0 Å². The van der Waals surface area contributed by atoms with E-state index in [4.69, 9.17) is 0 Å². The molecule has 15 rings (SSSR count). The third-order valence-electron chi connectivity index (χ3n) is 17.0. The minimum atomic E-state index is 0.0666. The van der Waals surface area contributed by atoms with Crippen molar-refractivity contribution in [2.24, 2.45) is 0 Å². The Morgan fingerprint density at radius 2 is 1.26 bits per heavy atom. The van der Waals surface area contributed by atoms with Crippen molar-refractivity contribution in [3.05, 3.63) is 143 Å². The predicted octanol–water partition coefficient (Wildman–Crippen LogP) is 14.8. The lowest BCUT2D eigenvalue weighted by Gasteiger charge is -2.44. The largest absolute Gasteiger partial charge is 0.311 e. The number of nitrogens with zero attached hydrogens (tertiary/aromatic N) is 3. The number of hydrogen-bond acceptors (Lipinski definition) is 3. The average molecular weight is 858 g/mol. The van der Waals surface area contributed by atoms with Gasteiger partial charge in [-0.1, -0.05) is 126 Å². The fourth-order valence-electron chi connectivity index (χ4n) is 13.8. The Labute approximate surface area is 385 Å². The molecule has 1 atom stereocenters. The van der Waals surface area contributed by atoms with E-state index in [9.17, 15) is 0 Å². The van der Waals surface area contributed by atoms with Gasteiger partial charge in [0.15, 0.2) is 0 Å². The summed E-state index contributed by atoms with van der Waals surface area (Å²) in [6.45, 7) is 14.5. The van der Waals surface area contributed by atoms with Crippen molar-refractivity contribution in [1.82, 2.24) is 4.40 Å². The van der Waals surface area contributed by atoms with E-state index >= 15 is 0 Å². The van der Waals surface area contributed by atoms with Gasteiger partial charge < -0.3 is 14.2 Å². The Hall–Kier alpha value is -6.04. The first-order valence-corrected chi connectivity index (χ1v) is 25.4. The summed E-state index contributed by atoms with van der Waals surface area (Å²) >= 11 is 2.06. The zero-order valence-electron chi connectivity index (χ0n) is 38.4. The van der Waals surface area contributed by atoms with Crippen LogP contribution in [0, 0.1) is 6.92 Å². The molecule has 65 heavy (non-hydrogen) atoms. The molecule has 6 heterocycles. The lowest BCUT2D eigenvalue weighted by Crippen LogP contribution is -2.60. The molecule has 1 unspecified atom stereocenters. The molecular formula is C60H52BN3S. The Morgan fingerprint density at radius 3 is 1.98 bits per heavy atom. The molecule has 4 aromatic heterocycles. The summed E-state index contributed by atoms with van der Waals surface area (Å²) in [6, 6.07) is 43.8. The van der Waals surface area contributed by atoms with Crippen LogP contribution >= 0.6 is 11.3 Å². The molecule has 0 saturated heterocycles. The average Bonchev–Trinajstić information content (AvgIpc) is 3.73. The van der Waals surface area contributed by atoms with Crippen LogP contribution in [0.1, 0.15) is 107 Å². The number of anilines is 6. The van der Waals surface area contributed by atoms with Crippen molar-refractivity contribution >= 4 is 127 Å². The minimum Gasteiger partial charge on any atom is -0.311 e. The molecule has 0 fully saturated rings. The zero-order chi connectivity index (χ0) is 43.4. The number of fused-ring (bicyclic) bond motifs is 12. The highest BCUT2D eigenvalue weighted by atomic mass is 32.1. The van der Waals surface area contributed by atoms with Crippen LogP contribution in [0.4, 0.5) is 34.1 Å². The Morgan fingerprint density at radius 1 is 0.600 bits per heavy atom. The number of thiophene rings is 1. The minimum absolute atomic E-state index is 0.0666. The van der Waals surface area contributed by atoms with Gasteiger partial charge in [-0.15, -0.1) is 11.3 Å². The van der Waals surface area contributed by atoms with Crippen LogP contribution in [0.15, 0.2) is 109 Å². The van der Waals surface area contributed by atoms with Crippen molar-refractivity contribution in [3.63, 3.8) is 0 Å². The van der Waals surface area contributed by atoms with Crippen molar-refractivity contribution in [2.45, 2.75) is 104 Å². The summed E-state index contributed by atoms with van der Waals surface area (Å²) in [5, 5.41) is 9.69. The van der Waals surface area contributed by atoms with Crippen LogP contribution in [0.2, 0.25) is 0 Å². The SMILES string of the molecule is CCCCc1ccc(N2c3ccc(C)cc3B3c4sc5ccc(CCCC)cc5c4N(c4ccc5c6c4C6(C)CCC5(C)C)c4c3c2c2c3cccc5c6cccc7c4c2n(c53)c67)cc1. The molecule has 2 aliphatic heterocycles. The van der Waals surface area contributed by atoms with Gasteiger partial charge >= 0.3 is 0 Å². The Bertz CT molecular complexity index is 3830. The van der Waals surface area contributed by atoms with Gasteiger partial charge in [0.2, 0.25) is 0 Å². The summed E-state index contributed by atoms with van der Waals surface area (Å²) in [5.74, 6) is 0. The van der Waals surface area contributed by atoms with Crippen molar-refractivity contribution in [2.75, 3.05) is 9.80 Å². The van der Waals surface area contributed by atoms with Gasteiger partial charge in [0, 0.05) is 64.0 Å². The number of hydrogen-bond donors (Lipinski definition) is 0. The van der Waals surface area contributed by atoms with Gasteiger partial charge in [0.05, 0.1) is 39.3 Å². The molecule has 0 spiro atoms. The summed E-state index contributed by atoms with van der Waals surface area (Å²) in [6.07, 6.45) is 9.45. The molecule has 7 aromatic carbocycles. The number of benzene rings is 7. The Kier molecular flexibility index (Phi) is 7.12. The summed E-state index contributed by atoms with van der Waals surface area (Å²) in [7, 11) is 0. The second kappa shape index (κ2) is 12.4. The fraction of sp³-hybridized carbons (Fsp3) is 0.267. The van der Waals surface area contributed by atoms with E-state index in [1.54, 1.807) is 16.7 Å². The molecule has 316 valence electrons. The predicted molar refractivity (Wildman–Crippen MR) is 281 cm³/mol. The quantitative estimate of drug-likeness (QED) is 0.141. The summed E-state index contributed by atoms with van der Waals surface area (Å²) < 4.78 is 5.57. The van der Waals surface area contributed by atoms with Gasteiger partial charge in [-0.2, -0.15) is 0 Å². The number of unbranched alkanes of at least 4 members (excludes halogenated alkanes) is 2. The smallest absolute Gasteiger partial charge is 0.264 e. The molecule has 11 aromatic rings. The van der Waals surface area contributed by atoms with Crippen LogP contribution in [-0.4, -0.2) is 11.1 Å². The second-order valence-electron chi connectivity index (χ2n) is 21.2. The first-order valence-electron chi connectivity index (χ1n) is 24.6. The Balaban J connectivity index is 1.15. The van der Waals surface area contributed by atoms with Crippen molar-refractivity contribution in [1.29, 1.82) is 0 Å². The maximum absolute atomic E-state index is 2.87. The number of para-hydroxylation sites is 2. The maximum atomic E-state index is 2.87. The highest BCUT2D eigenvalue weighted by Gasteiger charge is 2.57. The highest BCUT2D eigenvalue weighted by Crippen LogP contribution is 2.67. The fourth-order valence-corrected chi connectivity index (χ4v) is 15.1. The molecule has 3 nitrogen and oxygen atoms in total. The molecule has 0 N–H and O–H groups in total. The second-order valence-corrected chi connectivity index (χ2v) is 22.3. The van der Waals surface area contributed by atoms with Crippen LogP contribution < -0.4 is 25.5 Å². The van der Waals surface area contributed by atoms with Gasteiger partial charge in [-0.05, 0) is 126 Å². The van der Waals surface area contributed by atoms with E-state index < -0.39 is 0 Å². The van der Waals surface area contributed by atoms with E-state index in [0.29, 0.717) is 0 Å². The standard InChI is InChI=1S/C60H52BN3S/c1-7-9-13-34-20-23-36(24-21-34)62-44-26-19-33(3)31-43(44)61-51-56(62)47-39-17-11-15-37-38-16-12-18-40-48(55(47)64(52(37)39)53(38)40)57(51)63(45-27-25-42-49-50(45)60(49,6)30-29-59(42,4)5)54-41-32-35(14-10-8-2)22-28-46(41)65-58(54)61/h11-12,15-28,31-32H,7-10,13-14,29-30H2,1-6H3. The van der Waals surface area contributed by atoms with Gasteiger partial charge in [0.25, 0.3) is 6.71 Å². The highest BCUT2D eigenvalue weighted by molar-refractivity contribution is 7.33. The van der Waals surface area contributed by atoms with E-state index in [1.165, 1.54) is 164 Å². The molecule has 0 radical (unpaired) electrons. The molecule has 2 aliphatic carbocycles. The molecule has 0 saturated carbocycles. The first-order chi connectivity index (χ1) is 31.7. The van der Waals surface area contributed by atoms with Gasteiger partial charge in [-0.3, -0.25) is 0 Å². The number of aryl methyl sites for hydroxylation is 3. The van der Waals surface area contributed by atoms with E-state index in [1.807, 2.05) is 0 Å². The number of aromatic nitrogens is 1. The topological polar surface area (TPSA) is 10.9 Å². The van der Waals surface area contributed by atoms with Crippen molar-refractivity contribution < 1.29 is 0 Å². The van der Waals surface area contributed by atoms with E-state index in [2.05, 4.69) is 176 Å². The van der Waals surface area contributed by atoms with Crippen LogP contribution in [0.3, 0.4) is 0 Å².